The average Bonchev–Trinajstić information content (AvgIpc) is 3.25. The number of aromatic nitrogens is 2. The van der Waals surface area contributed by atoms with Crippen molar-refractivity contribution in [2.24, 2.45) is 0 Å². The molecule has 1 heterocycles. The summed E-state index contributed by atoms with van der Waals surface area (Å²) in [5, 5.41) is 12.6. The monoisotopic (exact) mass is 452 g/mol. The first-order valence-electron chi connectivity index (χ1n) is 10.4. The van der Waals surface area contributed by atoms with Gasteiger partial charge in [-0.15, -0.1) is 0 Å². The standard InChI is InChI=1S/C27H20N2O3S/c30-26(31)25(33-27-28-23-10-3-4-11-24(23)29-27)16-18-12-14-21(15-13-18)32-17-20-8-5-7-19-6-1-2-9-22(19)20/h1-16H,17H2,(H,28,29)(H,30,31)/b25-16-. The number of fused-ring (bicyclic) bond motifs is 2. The molecular formula is C27H20N2O3S. The smallest absolute Gasteiger partial charge is 0.342 e. The van der Waals surface area contributed by atoms with E-state index in [1.165, 1.54) is 10.8 Å². The van der Waals surface area contributed by atoms with Crippen LogP contribution in [0.4, 0.5) is 0 Å². The molecule has 0 saturated carbocycles. The quantitative estimate of drug-likeness (QED) is 0.217. The van der Waals surface area contributed by atoms with Crippen molar-refractivity contribution in [3.8, 4) is 5.75 Å². The lowest BCUT2D eigenvalue weighted by Gasteiger charge is -2.09. The van der Waals surface area contributed by atoms with Crippen molar-refractivity contribution in [3.63, 3.8) is 0 Å². The number of nitrogens with zero attached hydrogens (tertiary/aromatic N) is 1. The summed E-state index contributed by atoms with van der Waals surface area (Å²) in [6, 6.07) is 29.4. The minimum atomic E-state index is -1.00. The minimum Gasteiger partial charge on any atom is -0.489 e. The van der Waals surface area contributed by atoms with E-state index in [-0.39, 0.29) is 4.91 Å². The average molecular weight is 453 g/mol. The van der Waals surface area contributed by atoms with Crippen LogP contribution in [0.15, 0.2) is 101 Å². The van der Waals surface area contributed by atoms with Crippen LogP contribution < -0.4 is 4.74 Å². The predicted octanol–water partition coefficient (Wildman–Crippen LogP) is 6.51. The van der Waals surface area contributed by atoms with E-state index in [9.17, 15) is 9.90 Å². The van der Waals surface area contributed by atoms with Crippen LogP contribution in [0, 0.1) is 0 Å². The molecule has 0 aliphatic heterocycles. The molecule has 0 bridgehead atoms. The van der Waals surface area contributed by atoms with Crippen LogP contribution >= 0.6 is 11.8 Å². The van der Waals surface area contributed by atoms with Crippen molar-refractivity contribution in [3.05, 3.63) is 107 Å². The van der Waals surface area contributed by atoms with E-state index in [1.54, 1.807) is 6.08 Å². The highest BCUT2D eigenvalue weighted by molar-refractivity contribution is 8.04. The summed E-state index contributed by atoms with van der Waals surface area (Å²) in [5.74, 6) is -0.279. The Hall–Kier alpha value is -4.03. The largest absolute Gasteiger partial charge is 0.489 e. The maximum atomic E-state index is 11.8. The van der Waals surface area contributed by atoms with Gasteiger partial charge < -0.3 is 14.8 Å². The molecule has 0 saturated heterocycles. The van der Waals surface area contributed by atoms with Crippen LogP contribution in [-0.4, -0.2) is 21.0 Å². The molecule has 0 unspecified atom stereocenters. The summed E-state index contributed by atoms with van der Waals surface area (Å²) >= 11 is 1.09. The van der Waals surface area contributed by atoms with Gasteiger partial charge in [0.25, 0.3) is 0 Å². The van der Waals surface area contributed by atoms with E-state index in [0.717, 1.165) is 39.7 Å². The van der Waals surface area contributed by atoms with Gasteiger partial charge in [0.15, 0.2) is 5.16 Å². The zero-order chi connectivity index (χ0) is 22.6. The molecule has 0 aliphatic carbocycles. The Morgan fingerprint density at radius 3 is 2.52 bits per heavy atom. The lowest BCUT2D eigenvalue weighted by Crippen LogP contribution is -1.98. The van der Waals surface area contributed by atoms with Crippen LogP contribution in [0.1, 0.15) is 11.1 Å². The third kappa shape index (κ3) is 4.76. The molecule has 0 fully saturated rings. The Bertz CT molecular complexity index is 1430. The molecule has 5 aromatic rings. The first-order chi connectivity index (χ1) is 16.2. The topological polar surface area (TPSA) is 75.2 Å². The van der Waals surface area contributed by atoms with Gasteiger partial charge in [0, 0.05) is 0 Å². The number of nitrogens with one attached hydrogen (secondary N) is 1. The van der Waals surface area contributed by atoms with Crippen LogP contribution in [0.2, 0.25) is 0 Å². The van der Waals surface area contributed by atoms with Crippen molar-refractivity contribution >= 4 is 45.6 Å². The SMILES string of the molecule is O=C(O)/C(=C/c1ccc(OCc2cccc3ccccc23)cc1)Sc1nc2ccccc2[nH]1. The summed E-state index contributed by atoms with van der Waals surface area (Å²) in [7, 11) is 0. The minimum absolute atomic E-state index is 0.179. The van der Waals surface area contributed by atoms with E-state index >= 15 is 0 Å². The highest BCUT2D eigenvalue weighted by atomic mass is 32.2. The number of thioether (sulfide) groups is 1. The molecule has 33 heavy (non-hydrogen) atoms. The summed E-state index contributed by atoms with van der Waals surface area (Å²) in [6.45, 7) is 0.457. The Kier molecular flexibility index (Phi) is 5.83. The number of aliphatic carboxylic acids is 1. The molecule has 6 heteroatoms. The molecule has 1 aromatic heterocycles. The Morgan fingerprint density at radius 2 is 1.70 bits per heavy atom. The van der Waals surface area contributed by atoms with E-state index in [4.69, 9.17) is 4.74 Å². The second-order valence-corrected chi connectivity index (χ2v) is 8.50. The number of carbonyl (C=O) groups is 1. The fourth-order valence-corrected chi connectivity index (χ4v) is 4.40. The number of hydrogen-bond acceptors (Lipinski definition) is 4. The Labute approximate surface area is 194 Å². The molecule has 0 aliphatic rings. The van der Waals surface area contributed by atoms with Crippen LogP contribution in [0.5, 0.6) is 5.75 Å². The molecule has 0 radical (unpaired) electrons. The number of aromatic amines is 1. The lowest BCUT2D eigenvalue weighted by atomic mass is 10.1. The van der Waals surface area contributed by atoms with E-state index in [1.807, 2.05) is 66.7 Å². The van der Waals surface area contributed by atoms with Crippen LogP contribution in [-0.2, 0) is 11.4 Å². The van der Waals surface area contributed by atoms with Gasteiger partial charge in [0.1, 0.15) is 17.3 Å². The van der Waals surface area contributed by atoms with E-state index in [2.05, 4.69) is 34.2 Å². The highest BCUT2D eigenvalue weighted by Crippen LogP contribution is 2.29. The zero-order valence-electron chi connectivity index (χ0n) is 17.6. The number of rotatable bonds is 7. The van der Waals surface area contributed by atoms with Gasteiger partial charge in [-0.25, -0.2) is 9.78 Å². The van der Waals surface area contributed by atoms with E-state index in [0.29, 0.717) is 11.8 Å². The zero-order valence-corrected chi connectivity index (χ0v) is 18.4. The van der Waals surface area contributed by atoms with Crippen molar-refractivity contribution in [1.82, 2.24) is 9.97 Å². The fourth-order valence-electron chi connectivity index (χ4n) is 3.61. The third-order valence-electron chi connectivity index (χ3n) is 5.24. The number of carboxylic acids is 1. The molecule has 0 spiro atoms. The van der Waals surface area contributed by atoms with Gasteiger partial charge in [-0.2, -0.15) is 0 Å². The Morgan fingerprint density at radius 1 is 0.939 bits per heavy atom. The molecule has 4 aromatic carbocycles. The first-order valence-corrected chi connectivity index (χ1v) is 11.2. The maximum Gasteiger partial charge on any atom is 0.342 e. The summed E-state index contributed by atoms with van der Waals surface area (Å²) in [4.78, 5) is 19.6. The number of ether oxygens (including phenoxy) is 1. The van der Waals surface area contributed by atoms with E-state index < -0.39 is 5.97 Å². The third-order valence-corrected chi connectivity index (χ3v) is 6.14. The fraction of sp³-hybridized carbons (Fsp3) is 0.0370. The predicted molar refractivity (Wildman–Crippen MR) is 132 cm³/mol. The maximum absolute atomic E-state index is 11.8. The molecule has 5 nitrogen and oxygen atoms in total. The number of carboxylic acid groups (broad SMARTS) is 1. The molecule has 162 valence electrons. The van der Waals surface area contributed by atoms with Crippen molar-refractivity contribution < 1.29 is 14.6 Å². The lowest BCUT2D eigenvalue weighted by molar-refractivity contribution is -0.131. The number of H-pyrrole nitrogens is 1. The van der Waals surface area contributed by atoms with Crippen molar-refractivity contribution in [2.45, 2.75) is 11.8 Å². The second kappa shape index (κ2) is 9.22. The van der Waals surface area contributed by atoms with Gasteiger partial charge in [-0.05, 0) is 64.0 Å². The summed E-state index contributed by atoms with van der Waals surface area (Å²) in [6.07, 6.45) is 1.63. The highest BCUT2D eigenvalue weighted by Gasteiger charge is 2.13. The number of hydrogen-bond donors (Lipinski definition) is 2. The van der Waals surface area contributed by atoms with Crippen molar-refractivity contribution in [1.29, 1.82) is 0 Å². The Balaban J connectivity index is 1.30. The van der Waals surface area contributed by atoms with Gasteiger partial charge in [-0.1, -0.05) is 66.7 Å². The molecule has 2 N–H and O–H groups in total. The van der Waals surface area contributed by atoms with Crippen LogP contribution in [0.3, 0.4) is 0 Å². The second-order valence-electron chi connectivity index (χ2n) is 7.47. The number of benzene rings is 4. The van der Waals surface area contributed by atoms with Gasteiger partial charge in [0.2, 0.25) is 0 Å². The normalized spacial score (nSPS) is 11.7. The first kappa shape index (κ1) is 20.8. The van der Waals surface area contributed by atoms with Gasteiger partial charge in [-0.3, -0.25) is 0 Å². The molecular weight excluding hydrogens is 432 g/mol. The van der Waals surface area contributed by atoms with Crippen molar-refractivity contribution in [2.75, 3.05) is 0 Å². The molecule has 0 atom stereocenters. The van der Waals surface area contributed by atoms with Gasteiger partial charge >= 0.3 is 5.97 Å². The molecule has 0 amide bonds. The van der Waals surface area contributed by atoms with Crippen LogP contribution in [0.25, 0.3) is 27.9 Å². The summed E-state index contributed by atoms with van der Waals surface area (Å²) in [5.41, 5.74) is 3.57. The van der Waals surface area contributed by atoms with Gasteiger partial charge in [0.05, 0.1) is 11.0 Å². The summed E-state index contributed by atoms with van der Waals surface area (Å²) < 4.78 is 5.98. The molecule has 5 rings (SSSR count). The number of para-hydroxylation sites is 2. The number of imidazole rings is 1.